The van der Waals surface area contributed by atoms with Gasteiger partial charge in [0.25, 0.3) is 0 Å². The number of methoxy groups -OCH3 is 1. The van der Waals surface area contributed by atoms with Gasteiger partial charge in [0.05, 0.1) is 12.6 Å². The molecule has 1 aliphatic carbocycles. The van der Waals surface area contributed by atoms with E-state index < -0.39 is 0 Å². The van der Waals surface area contributed by atoms with E-state index in [-0.39, 0.29) is 23.4 Å². The maximum atomic E-state index is 12.5. The molecule has 0 bridgehead atoms. The van der Waals surface area contributed by atoms with Gasteiger partial charge in [0.1, 0.15) is 11.8 Å². The average Bonchev–Trinajstić information content (AvgIpc) is 3.17. The van der Waals surface area contributed by atoms with Crippen LogP contribution in [0.25, 0.3) is 0 Å². The Balaban J connectivity index is 1.78. The van der Waals surface area contributed by atoms with E-state index in [0.29, 0.717) is 12.8 Å². The Kier molecular flexibility index (Phi) is 4.05. The van der Waals surface area contributed by atoms with Gasteiger partial charge in [-0.25, -0.2) is 0 Å². The molecule has 0 aromatic heterocycles. The van der Waals surface area contributed by atoms with Crippen molar-refractivity contribution >= 4 is 11.8 Å². The number of carbonyl (C=O) groups excluding carboxylic acids is 2. The zero-order valence-electron chi connectivity index (χ0n) is 12.9. The maximum Gasteiger partial charge on any atom is 0.243 e. The van der Waals surface area contributed by atoms with E-state index in [1.54, 1.807) is 7.11 Å². The number of carbonyl (C=O) groups is 2. The monoisotopic (exact) mass is 302 g/mol. The number of ether oxygens (including phenoxy) is 1. The van der Waals surface area contributed by atoms with Crippen LogP contribution in [0.15, 0.2) is 24.3 Å². The van der Waals surface area contributed by atoms with Gasteiger partial charge in [0.2, 0.25) is 11.8 Å². The number of nitrogens with one attached hydrogen (secondary N) is 2. The molecule has 1 saturated heterocycles. The van der Waals surface area contributed by atoms with Crippen molar-refractivity contribution in [3.63, 3.8) is 0 Å². The molecular weight excluding hydrogens is 280 g/mol. The third-order valence-corrected chi connectivity index (χ3v) is 4.77. The van der Waals surface area contributed by atoms with E-state index in [1.165, 1.54) is 0 Å². The summed E-state index contributed by atoms with van der Waals surface area (Å²) >= 11 is 0. The van der Waals surface area contributed by atoms with Gasteiger partial charge < -0.3 is 15.4 Å². The van der Waals surface area contributed by atoms with Crippen molar-refractivity contribution in [1.82, 2.24) is 10.6 Å². The standard InChI is InChI=1S/C17H22N2O3/c1-22-13-6-4-12(5-7-13)17(10-2-3-11-17)19-16(21)14-8-9-15(20)18-14/h4-7,14H,2-3,8-11H2,1H3,(H,18,20)(H,19,21). The number of rotatable bonds is 4. The van der Waals surface area contributed by atoms with E-state index in [2.05, 4.69) is 10.6 Å². The van der Waals surface area contributed by atoms with Gasteiger partial charge in [0.15, 0.2) is 0 Å². The molecule has 3 rings (SSSR count). The second kappa shape index (κ2) is 5.99. The first kappa shape index (κ1) is 14.9. The van der Waals surface area contributed by atoms with Crippen molar-refractivity contribution in [3.05, 3.63) is 29.8 Å². The number of hydrogen-bond donors (Lipinski definition) is 2. The first-order valence-corrected chi connectivity index (χ1v) is 7.89. The maximum absolute atomic E-state index is 12.5. The Bertz CT molecular complexity index is 562. The van der Waals surface area contributed by atoms with E-state index >= 15 is 0 Å². The summed E-state index contributed by atoms with van der Waals surface area (Å²) in [6.45, 7) is 0. The molecule has 2 fully saturated rings. The third kappa shape index (κ3) is 2.80. The molecule has 5 heteroatoms. The van der Waals surface area contributed by atoms with Crippen LogP contribution >= 0.6 is 0 Å². The lowest BCUT2D eigenvalue weighted by molar-refractivity contribution is -0.127. The van der Waals surface area contributed by atoms with Crippen LogP contribution < -0.4 is 15.4 Å². The number of benzene rings is 1. The van der Waals surface area contributed by atoms with Crippen LogP contribution in [0.5, 0.6) is 5.75 Å². The van der Waals surface area contributed by atoms with Crippen LogP contribution in [0.1, 0.15) is 44.1 Å². The molecule has 1 saturated carbocycles. The van der Waals surface area contributed by atoms with Crippen molar-refractivity contribution in [1.29, 1.82) is 0 Å². The lowest BCUT2D eigenvalue weighted by atomic mass is 9.87. The molecule has 22 heavy (non-hydrogen) atoms. The van der Waals surface area contributed by atoms with Gasteiger partial charge >= 0.3 is 0 Å². The SMILES string of the molecule is COc1ccc(C2(NC(=O)C3CCC(=O)N3)CCCC2)cc1. The number of hydrogen-bond acceptors (Lipinski definition) is 3. The van der Waals surface area contributed by atoms with Crippen molar-refractivity contribution in [2.75, 3.05) is 7.11 Å². The summed E-state index contributed by atoms with van der Waals surface area (Å²) in [7, 11) is 1.64. The fourth-order valence-electron chi connectivity index (χ4n) is 3.51. The highest BCUT2D eigenvalue weighted by molar-refractivity contribution is 5.91. The fourth-order valence-corrected chi connectivity index (χ4v) is 3.51. The summed E-state index contributed by atoms with van der Waals surface area (Å²) in [4.78, 5) is 23.8. The summed E-state index contributed by atoms with van der Waals surface area (Å²) in [5, 5.41) is 5.96. The van der Waals surface area contributed by atoms with Gasteiger partial charge in [-0.1, -0.05) is 25.0 Å². The van der Waals surface area contributed by atoms with E-state index in [4.69, 9.17) is 4.74 Å². The highest BCUT2D eigenvalue weighted by Crippen LogP contribution is 2.39. The first-order valence-electron chi connectivity index (χ1n) is 7.89. The summed E-state index contributed by atoms with van der Waals surface area (Å²) < 4.78 is 5.20. The zero-order valence-corrected chi connectivity index (χ0v) is 12.9. The van der Waals surface area contributed by atoms with Crippen molar-refractivity contribution in [2.45, 2.75) is 50.1 Å². The molecule has 1 aromatic carbocycles. The smallest absolute Gasteiger partial charge is 0.243 e. The summed E-state index contributed by atoms with van der Waals surface area (Å²) in [6.07, 6.45) is 5.10. The van der Waals surface area contributed by atoms with Crippen LogP contribution in [0, 0.1) is 0 Å². The minimum absolute atomic E-state index is 0.0370. The highest BCUT2D eigenvalue weighted by atomic mass is 16.5. The van der Waals surface area contributed by atoms with Gasteiger partial charge in [-0.2, -0.15) is 0 Å². The Morgan fingerprint density at radius 1 is 1.27 bits per heavy atom. The molecule has 1 heterocycles. The first-order chi connectivity index (χ1) is 10.6. The van der Waals surface area contributed by atoms with Crippen LogP contribution in [0.3, 0.4) is 0 Å². The van der Waals surface area contributed by atoms with Crippen LogP contribution in [0.2, 0.25) is 0 Å². The normalized spacial score (nSPS) is 23.1. The summed E-state index contributed by atoms with van der Waals surface area (Å²) in [6, 6.07) is 7.52. The molecule has 2 amide bonds. The quantitative estimate of drug-likeness (QED) is 0.892. The molecule has 1 unspecified atom stereocenters. The lowest BCUT2D eigenvalue weighted by Crippen LogP contribution is -2.50. The molecular formula is C17H22N2O3. The second-order valence-electron chi connectivity index (χ2n) is 6.17. The van der Waals surface area contributed by atoms with Gasteiger partial charge in [-0.15, -0.1) is 0 Å². The van der Waals surface area contributed by atoms with Gasteiger partial charge in [-0.3, -0.25) is 9.59 Å². The van der Waals surface area contributed by atoms with Gasteiger partial charge in [-0.05, 0) is 37.0 Å². The van der Waals surface area contributed by atoms with Gasteiger partial charge in [0, 0.05) is 6.42 Å². The molecule has 2 aliphatic rings. The molecule has 5 nitrogen and oxygen atoms in total. The molecule has 0 radical (unpaired) electrons. The van der Waals surface area contributed by atoms with E-state index in [0.717, 1.165) is 37.0 Å². The predicted molar refractivity (Wildman–Crippen MR) is 82.4 cm³/mol. The summed E-state index contributed by atoms with van der Waals surface area (Å²) in [5.41, 5.74) is 0.805. The molecule has 1 aliphatic heterocycles. The minimum atomic E-state index is -0.386. The van der Waals surface area contributed by atoms with Crippen LogP contribution in [0.4, 0.5) is 0 Å². The Labute approximate surface area is 130 Å². The second-order valence-corrected chi connectivity index (χ2v) is 6.17. The van der Waals surface area contributed by atoms with Crippen molar-refractivity contribution < 1.29 is 14.3 Å². The molecule has 1 aromatic rings. The van der Waals surface area contributed by atoms with Crippen molar-refractivity contribution in [3.8, 4) is 5.75 Å². The fraction of sp³-hybridized carbons (Fsp3) is 0.529. The Morgan fingerprint density at radius 3 is 2.50 bits per heavy atom. The Morgan fingerprint density at radius 2 is 1.95 bits per heavy atom. The molecule has 2 N–H and O–H groups in total. The Hall–Kier alpha value is -2.04. The lowest BCUT2D eigenvalue weighted by Gasteiger charge is -2.32. The molecule has 118 valence electrons. The zero-order chi connectivity index (χ0) is 15.6. The molecule has 1 atom stereocenters. The highest BCUT2D eigenvalue weighted by Gasteiger charge is 2.39. The van der Waals surface area contributed by atoms with E-state index in [1.807, 2.05) is 24.3 Å². The summed E-state index contributed by atoms with van der Waals surface area (Å²) in [5.74, 6) is 0.708. The van der Waals surface area contributed by atoms with E-state index in [9.17, 15) is 9.59 Å². The minimum Gasteiger partial charge on any atom is -0.497 e. The number of amides is 2. The largest absolute Gasteiger partial charge is 0.497 e. The third-order valence-electron chi connectivity index (χ3n) is 4.77. The predicted octanol–water partition coefficient (Wildman–Crippen LogP) is 1.86. The van der Waals surface area contributed by atoms with Crippen LogP contribution in [-0.4, -0.2) is 25.0 Å². The molecule has 0 spiro atoms. The average molecular weight is 302 g/mol. The van der Waals surface area contributed by atoms with Crippen molar-refractivity contribution in [2.24, 2.45) is 0 Å². The van der Waals surface area contributed by atoms with Crippen LogP contribution in [-0.2, 0) is 15.1 Å². The topological polar surface area (TPSA) is 67.4 Å².